The highest BCUT2D eigenvalue weighted by Crippen LogP contribution is 2.30. The van der Waals surface area contributed by atoms with Crippen molar-refractivity contribution in [2.45, 2.75) is 32.6 Å². The number of hydrogen-bond donors (Lipinski definition) is 1. The smallest absolute Gasteiger partial charge is 0.0820 e. The Morgan fingerprint density at radius 2 is 2.25 bits per heavy atom. The van der Waals surface area contributed by atoms with Crippen molar-refractivity contribution in [1.29, 1.82) is 0 Å². The standard InChI is InChI=1S/C13H19ClN2/c1-10-4-2-3-5-11(10)8-16-13-6-7-15-9-12(13)14/h6-7,9-11H,2-5,8H2,1H3,(H,15,16). The van der Waals surface area contributed by atoms with Crippen LogP contribution in [0.1, 0.15) is 32.6 Å². The SMILES string of the molecule is CC1CCCCC1CNc1ccncc1Cl. The van der Waals surface area contributed by atoms with Crippen molar-refractivity contribution >= 4 is 17.3 Å². The van der Waals surface area contributed by atoms with Gasteiger partial charge in [0.1, 0.15) is 0 Å². The highest BCUT2D eigenvalue weighted by atomic mass is 35.5. The normalized spacial score (nSPS) is 25.4. The average Bonchev–Trinajstić information content (AvgIpc) is 2.30. The minimum Gasteiger partial charge on any atom is -0.383 e. The van der Waals surface area contributed by atoms with E-state index in [2.05, 4.69) is 17.2 Å². The van der Waals surface area contributed by atoms with Crippen molar-refractivity contribution in [2.24, 2.45) is 11.8 Å². The van der Waals surface area contributed by atoms with Gasteiger partial charge in [-0.1, -0.05) is 37.8 Å². The molecular weight excluding hydrogens is 220 g/mol. The Balaban J connectivity index is 1.89. The Bertz CT molecular complexity index is 340. The predicted molar refractivity (Wildman–Crippen MR) is 68.9 cm³/mol. The molecule has 88 valence electrons. The van der Waals surface area contributed by atoms with Crippen LogP contribution in [-0.2, 0) is 0 Å². The molecule has 0 bridgehead atoms. The number of anilines is 1. The summed E-state index contributed by atoms with van der Waals surface area (Å²) in [7, 11) is 0. The summed E-state index contributed by atoms with van der Waals surface area (Å²) in [5.41, 5.74) is 1.01. The number of hydrogen-bond acceptors (Lipinski definition) is 2. The lowest BCUT2D eigenvalue weighted by atomic mass is 9.80. The van der Waals surface area contributed by atoms with Crippen molar-refractivity contribution in [2.75, 3.05) is 11.9 Å². The van der Waals surface area contributed by atoms with Gasteiger partial charge in [-0.15, -0.1) is 0 Å². The van der Waals surface area contributed by atoms with Crippen LogP contribution in [0.5, 0.6) is 0 Å². The second-order valence-corrected chi connectivity index (χ2v) is 5.17. The quantitative estimate of drug-likeness (QED) is 0.862. The summed E-state index contributed by atoms with van der Waals surface area (Å²) in [5.74, 6) is 1.62. The zero-order valence-electron chi connectivity index (χ0n) is 9.75. The Kier molecular flexibility index (Phi) is 4.05. The van der Waals surface area contributed by atoms with E-state index in [1.54, 1.807) is 12.4 Å². The third kappa shape index (κ3) is 2.88. The molecule has 2 unspecified atom stereocenters. The lowest BCUT2D eigenvalue weighted by Crippen LogP contribution is -2.24. The molecule has 1 aromatic rings. The Labute approximate surface area is 102 Å². The van der Waals surface area contributed by atoms with Gasteiger partial charge in [-0.25, -0.2) is 0 Å². The molecule has 1 aromatic heterocycles. The summed E-state index contributed by atoms with van der Waals surface area (Å²) >= 11 is 6.05. The molecule has 1 saturated carbocycles. The topological polar surface area (TPSA) is 24.9 Å². The van der Waals surface area contributed by atoms with E-state index in [1.165, 1.54) is 25.7 Å². The van der Waals surface area contributed by atoms with E-state index in [9.17, 15) is 0 Å². The molecule has 2 nitrogen and oxygen atoms in total. The maximum atomic E-state index is 6.05. The minimum absolute atomic E-state index is 0.714. The molecule has 0 radical (unpaired) electrons. The van der Waals surface area contributed by atoms with E-state index in [4.69, 9.17) is 11.6 Å². The van der Waals surface area contributed by atoms with Crippen LogP contribution >= 0.6 is 11.6 Å². The van der Waals surface area contributed by atoms with E-state index < -0.39 is 0 Å². The Morgan fingerprint density at radius 3 is 3.00 bits per heavy atom. The van der Waals surface area contributed by atoms with Crippen molar-refractivity contribution in [3.05, 3.63) is 23.5 Å². The second-order valence-electron chi connectivity index (χ2n) is 4.76. The number of halogens is 1. The third-order valence-electron chi connectivity index (χ3n) is 3.62. The highest BCUT2D eigenvalue weighted by molar-refractivity contribution is 6.33. The largest absolute Gasteiger partial charge is 0.383 e. The lowest BCUT2D eigenvalue weighted by Gasteiger charge is -2.29. The lowest BCUT2D eigenvalue weighted by molar-refractivity contribution is 0.268. The summed E-state index contributed by atoms with van der Waals surface area (Å²) in [4.78, 5) is 3.98. The van der Waals surface area contributed by atoms with Crippen molar-refractivity contribution < 1.29 is 0 Å². The van der Waals surface area contributed by atoms with E-state index in [0.29, 0.717) is 5.02 Å². The number of nitrogens with zero attached hydrogens (tertiary/aromatic N) is 1. The monoisotopic (exact) mass is 238 g/mol. The Hall–Kier alpha value is -0.760. The molecule has 0 spiro atoms. The van der Waals surface area contributed by atoms with Crippen molar-refractivity contribution in [3.8, 4) is 0 Å². The van der Waals surface area contributed by atoms with Gasteiger partial charge in [0.05, 0.1) is 10.7 Å². The molecule has 1 heterocycles. The maximum Gasteiger partial charge on any atom is 0.0820 e. The van der Waals surface area contributed by atoms with Crippen molar-refractivity contribution in [3.63, 3.8) is 0 Å². The van der Waals surface area contributed by atoms with Gasteiger partial charge >= 0.3 is 0 Å². The molecule has 2 rings (SSSR count). The van der Waals surface area contributed by atoms with Crippen LogP contribution in [0.15, 0.2) is 18.5 Å². The molecule has 2 atom stereocenters. The first-order valence-corrected chi connectivity index (χ1v) is 6.48. The molecule has 1 aliphatic rings. The van der Waals surface area contributed by atoms with Crippen LogP contribution in [0.4, 0.5) is 5.69 Å². The Morgan fingerprint density at radius 1 is 1.44 bits per heavy atom. The van der Waals surface area contributed by atoms with Gasteiger partial charge in [0.2, 0.25) is 0 Å². The first-order valence-electron chi connectivity index (χ1n) is 6.11. The van der Waals surface area contributed by atoms with Gasteiger partial charge in [0.25, 0.3) is 0 Å². The molecule has 0 amide bonds. The third-order valence-corrected chi connectivity index (χ3v) is 3.92. The van der Waals surface area contributed by atoms with Crippen LogP contribution in [0.2, 0.25) is 5.02 Å². The van der Waals surface area contributed by atoms with E-state index >= 15 is 0 Å². The fraction of sp³-hybridized carbons (Fsp3) is 0.615. The predicted octanol–water partition coefficient (Wildman–Crippen LogP) is 3.97. The number of nitrogens with one attached hydrogen (secondary N) is 1. The molecule has 1 N–H and O–H groups in total. The molecular formula is C13H19ClN2. The van der Waals surface area contributed by atoms with E-state index in [-0.39, 0.29) is 0 Å². The summed E-state index contributed by atoms with van der Waals surface area (Å²) in [6, 6.07) is 1.94. The zero-order valence-corrected chi connectivity index (χ0v) is 10.5. The fourth-order valence-electron chi connectivity index (χ4n) is 2.46. The van der Waals surface area contributed by atoms with Crippen LogP contribution in [0.25, 0.3) is 0 Å². The molecule has 1 aliphatic carbocycles. The molecule has 3 heteroatoms. The summed E-state index contributed by atoms with van der Waals surface area (Å²) < 4.78 is 0. The minimum atomic E-state index is 0.714. The van der Waals surface area contributed by atoms with Crippen LogP contribution in [-0.4, -0.2) is 11.5 Å². The van der Waals surface area contributed by atoms with Crippen LogP contribution in [0, 0.1) is 11.8 Å². The molecule has 0 aromatic carbocycles. The van der Waals surface area contributed by atoms with E-state index in [0.717, 1.165) is 24.1 Å². The molecule has 0 saturated heterocycles. The van der Waals surface area contributed by atoms with Gasteiger partial charge in [-0.3, -0.25) is 4.98 Å². The van der Waals surface area contributed by atoms with Crippen molar-refractivity contribution in [1.82, 2.24) is 4.98 Å². The number of aromatic nitrogens is 1. The first-order chi connectivity index (χ1) is 7.77. The second kappa shape index (κ2) is 5.53. The van der Waals surface area contributed by atoms with Crippen LogP contribution in [0.3, 0.4) is 0 Å². The summed E-state index contributed by atoms with van der Waals surface area (Å²) in [5, 5.41) is 4.15. The fourth-order valence-corrected chi connectivity index (χ4v) is 2.64. The molecule has 1 fully saturated rings. The molecule has 16 heavy (non-hydrogen) atoms. The maximum absolute atomic E-state index is 6.05. The zero-order chi connectivity index (χ0) is 11.4. The summed E-state index contributed by atoms with van der Waals surface area (Å²) in [6.45, 7) is 3.39. The van der Waals surface area contributed by atoms with Gasteiger partial charge < -0.3 is 5.32 Å². The average molecular weight is 239 g/mol. The van der Waals surface area contributed by atoms with Gasteiger partial charge in [0, 0.05) is 18.9 Å². The van der Waals surface area contributed by atoms with E-state index in [1.807, 2.05) is 6.07 Å². The number of rotatable bonds is 3. The summed E-state index contributed by atoms with van der Waals surface area (Å²) in [6.07, 6.45) is 8.95. The van der Waals surface area contributed by atoms with Gasteiger partial charge in [-0.05, 0) is 24.3 Å². The van der Waals surface area contributed by atoms with Crippen LogP contribution < -0.4 is 5.32 Å². The molecule has 0 aliphatic heterocycles. The van der Waals surface area contributed by atoms with Gasteiger partial charge in [-0.2, -0.15) is 0 Å². The number of pyridine rings is 1. The highest BCUT2D eigenvalue weighted by Gasteiger charge is 2.20. The van der Waals surface area contributed by atoms with Gasteiger partial charge in [0.15, 0.2) is 0 Å². The first kappa shape index (κ1) is 11.7.